The molecule has 2 rings (SSSR count). The predicted octanol–water partition coefficient (Wildman–Crippen LogP) is 1.67. The molecule has 1 aromatic heterocycles. The van der Waals surface area contributed by atoms with Gasteiger partial charge in [-0.3, -0.25) is 9.36 Å². The second-order valence-electron chi connectivity index (χ2n) is 3.16. The van der Waals surface area contributed by atoms with Crippen LogP contribution < -0.4 is 11.5 Å². The van der Waals surface area contributed by atoms with Crippen LogP contribution in [0.25, 0.3) is 5.69 Å². The van der Waals surface area contributed by atoms with Gasteiger partial charge >= 0.3 is 0 Å². The Labute approximate surface area is 102 Å². The molecule has 0 radical (unpaired) electrons. The Morgan fingerprint density at radius 1 is 1.12 bits per heavy atom. The lowest BCUT2D eigenvalue weighted by Crippen LogP contribution is -2.16. The van der Waals surface area contributed by atoms with Crippen molar-refractivity contribution < 1.29 is 9.32 Å². The van der Waals surface area contributed by atoms with Gasteiger partial charge in [0, 0.05) is 18.0 Å². The first-order chi connectivity index (χ1) is 8.31. The summed E-state index contributed by atoms with van der Waals surface area (Å²) in [5, 5.41) is 0. The van der Waals surface area contributed by atoms with E-state index in [1.807, 2.05) is 30.3 Å². The first-order valence-electron chi connectivity index (χ1n) is 4.79. The van der Waals surface area contributed by atoms with Gasteiger partial charge in [-0.25, -0.2) is 0 Å². The molecule has 2 aromatic rings. The quantitative estimate of drug-likeness (QED) is 0.508. The fourth-order valence-electron chi connectivity index (χ4n) is 1.37. The van der Waals surface area contributed by atoms with Crippen LogP contribution in [0.2, 0.25) is 0 Å². The van der Waals surface area contributed by atoms with Crippen molar-refractivity contribution in [3.63, 3.8) is 0 Å². The van der Waals surface area contributed by atoms with Crippen LogP contribution >= 0.6 is 12.0 Å². The van der Waals surface area contributed by atoms with Crippen LogP contribution in [0.3, 0.4) is 0 Å². The van der Waals surface area contributed by atoms with Crippen LogP contribution in [-0.2, 0) is 9.32 Å². The molecule has 6 heteroatoms. The summed E-state index contributed by atoms with van der Waals surface area (Å²) in [6.45, 7) is 0. The first-order valence-corrected chi connectivity index (χ1v) is 5.53. The normalized spacial score (nSPS) is 10.4. The summed E-state index contributed by atoms with van der Waals surface area (Å²) in [4.78, 5) is 16.4. The SMILES string of the molecule is NOOSc1ccc(=O)n(-c2ccccc2)c1. The minimum Gasteiger partial charge on any atom is -0.283 e. The number of hydrogen-bond donors (Lipinski definition) is 1. The molecule has 0 fully saturated rings. The third-order valence-electron chi connectivity index (χ3n) is 2.09. The fraction of sp³-hybridized carbons (Fsp3) is 0. The van der Waals surface area contributed by atoms with E-state index < -0.39 is 0 Å². The molecule has 88 valence electrons. The van der Waals surface area contributed by atoms with E-state index in [0.717, 1.165) is 17.7 Å². The van der Waals surface area contributed by atoms with Crippen LogP contribution in [0.4, 0.5) is 0 Å². The number of aromatic nitrogens is 1. The van der Waals surface area contributed by atoms with Gasteiger partial charge < -0.3 is 0 Å². The lowest BCUT2D eigenvalue weighted by molar-refractivity contribution is -0.195. The molecule has 17 heavy (non-hydrogen) atoms. The molecular weight excluding hydrogens is 240 g/mol. The van der Waals surface area contributed by atoms with E-state index in [1.165, 1.54) is 10.6 Å². The van der Waals surface area contributed by atoms with Gasteiger partial charge in [0.05, 0.1) is 16.9 Å². The maximum atomic E-state index is 11.7. The summed E-state index contributed by atoms with van der Waals surface area (Å²) in [6.07, 6.45) is 1.65. The van der Waals surface area contributed by atoms with Gasteiger partial charge in [-0.2, -0.15) is 5.90 Å². The zero-order chi connectivity index (χ0) is 12.1. The standard InChI is InChI=1S/C11H10N2O3S/c12-15-16-17-10-6-7-11(14)13(8-10)9-4-2-1-3-5-9/h1-8H,12H2. The van der Waals surface area contributed by atoms with E-state index in [2.05, 4.69) is 9.32 Å². The molecule has 5 nitrogen and oxygen atoms in total. The largest absolute Gasteiger partial charge is 0.283 e. The van der Waals surface area contributed by atoms with Crippen molar-refractivity contribution in [3.05, 3.63) is 59.0 Å². The van der Waals surface area contributed by atoms with Gasteiger partial charge in [-0.1, -0.05) is 18.2 Å². The lowest BCUT2D eigenvalue weighted by atomic mass is 10.3. The van der Waals surface area contributed by atoms with Crippen LogP contribution in [0.1, 0.15) is 0 Å². The predicted molar refractivity (Wildman–Crippen MR) is 64.3 cm³/mol. The van der Waals surface area contributed by atoms with Crippen molar-refractivity contribution in [1.82, 2.24) is 4.57 Å². The average molecular weight is 250 g/mol. The minimum atomic E-state index is -0.116. The lowest BCUT2D eigenvalue weighted by Gasteiger charge is -2.06. The second kappa shape index (κ2) is 5.65. The van der Waals surface area contributed by atoms with Gasteiger partial charge in [0.25, 0.3) is 5.56 Å². The maximum Gasteiger partial charge on any atom is 0.255 e. The van der Waals surface area contributed by atoms with Crippen LogP contribution in [0.5, 0.6) is 0 Å². The van der Waals surface area contributed by atoms with Crippen molar-refractivity contribution in [2.45, 2.75) is 4.90 Å². The molecule has 2 N–H and O–H groups in total. The van der Waals surface area contributed by atoms with Crippen LogP contribution in [-0.4, -0.2) is 4.57 Å². The van der Waals surface area contributed by atoms with Crippen molar-refractivity contribution in [1.29, 1.82) is 0 Å². The van der Waals surface area contributed by atoms with Crippen molar-refractivity contribution >= 4 is 12.0 Å². The Balaban J connectivity index is 2.36. The highest BCUT2D eigenvalue weighted by atomic mass is 32.2. The van der Waals surface area contributed by atoms with E-state index >= 15 is 0 Å². The van der Waals surface area contributed by atoms with E-state index in [-0.39, 0.29) is 5.56 Å². The molecule has 0 aliphatic rings. The molecule has 0 amide bonds. The highest BCUT2D eigenvalue weighted by Crippen LogP contribution is 2.18. The summed E-state index contributed by atoms with van der Waals surface area (Å²) in [7, 11) is 0. The third-order valence-corrected chi connectivity index (χ3v) is 2.67. The Kier molecular flexibility index (Phi) is 3.94. The molecule has 1 aromatic carbocycles. The summed E-state index contributed by atoms with van der Waals surface area (Å²) in [5.41, 5.74) is 0.669. The van der Waals surface area contributed by atoms with E-state index in [1.54, 1.807) is 12.3 Å². The molecule has 0 spiro atoms. The number of rotatable bonds is 4. The smallest absolute Gasteiger partial charge is 0.255 e. The molecule has 0 bridgehead atoms. The molecule has 1 heterocycles. The van der Waals surface area contributed by atoms with E-state index in [0.29, 0.717) is 4.90 Å². The van der Waals surface area contributed by atoms with Gasteiger partial charge in [0.15, 0.2) is 0 Å². The van der Waals surface area contributed by atoms with E-state index in [4.69, 9.17) is 5.90 Å². The van der Waals surface area contributed by atoms with Crippen LogP contribution in [0.15, 0.2) is 58.4 Å². The molecule has 0 saturated heterocycles. The summed E-state index contributed by atoms with van der Waals surface area (Å²) >= 11 is 0.931. The van der Waals surface area contributed by atoms with Crippen molar-refractivity contribution in [3.8, 4) is 5.69 Å². The van der Waals surface area contributed by atoms with E-state index in [9.17, 15) is 4.79 Å². The Hall–Kier alpha value is -1.60. The second-order valence-corrected chi connectivity index (χ2v) is 3.93. The molecular formula is C11H10N2O3S. The monoisotopic (exact) mass is 250 g/mol. The number of benzene rings is 1. The number of pyridine rings is 1. The molecule has 0 aliphatic heterocycles. The van der Waals surface area contributed by atoms with Gasteiger partial charge in [-0.05, 0) is 18.2 Å². The topological polar surface area (TPSA) is 66.5 Å². The third kappa shape index (κ3) is 2.95. The highest BCUT2D eigenvalue weighted by Gasteiger charge is 2.02. The summed E-state index contributed by atoms with van der Waals surface area (Å²) in [5.74, 6) is 4.74. The number of hydrogen-bond acceptors (Lipinski definition) is 5. The Morgan fingerprint density at radius 3 is 2.59 bits per heavy atom. The number of nitrogens with two attached hydrogens (primary N) is 1. The number of nitrogens with zero attached hydrogens (tertiary/aromatic N) is 1. The zero-order valence-corrected chi connectivity index (χ0v) is 9.59. The molecule has 0 atom stereocenters. The van der Waals surface area contributed by atoms with Crippen molar-refractivity contribution in [2.75, 3.05) is 0 Å². The zero-order valence-electron chi connectivity index (χ0n) is 8.78. The average Bonchev–Trinajstić information content (AvgIpc) is 2.39. The van der Waals surface area contributed by atoms with Crippen LogP contribution in [0, 0.1) is 0 Å². The highest BCUT2D eigenvalue weighted by molar-refractivity contribution is 7.94. The Morgan fingerprint density at radius 2 is 1.88 bits per heavy atom. The summed E-state index contributed by atoms with van der Waals surface area (Å²) in [6, 6.07) is 12.4. The minimum absolute atomic E-state index is 0.116. The number of para-hydroxylation sites is 1. The maximum absolute atomic E-state index is 11.7. The van der Waals surface area contributed by atoms with Crippen molar-refractivity contribution in [2.24, 2.45) is 5.90 Å². The summed E-state index contributed by atoms with van der Waals surface area (Å²) < 4.78 is 6.05. The molecule has 0 unspecified atom stereocenters. The first kappa shape index (κ1) is 11.9. The molecule has 0 saturated carbocycles. The van der Waals surface area contributed by atoms with Gasteiger partial charge in [0.1, 0.15) is 0 Å². The van der Waals surface area contributed by atoms with Gasteiger partial charge in [-0.15, -0.1) is 9.32 Å². The van der Waals surface area contributed by atoms with Gasteiger partial charge in [0.2, 0.25) is 0 Å². The fourth-order valence-corrected chi connectivity index (χ4v) is 1.76. The molecule has 0 aliphatic carbocycles. The Bertz CT molecular complexity index is 542.